The molecule has 1 aliphatic carbocycles. The fourth-order valence-electron chi connectivity index (χ4n) is 3.60. The summed E-state index contributed by atoms with van der Waals surface area (Å²) in [4.78, 5) is 11.5. The molecule has 5 heteroatoms. The fraction of sp³-hybridized carbons (Fsp3) is 0.933. The molecule has 2 aliphatic rings. The molecule has 1 aliphatic heterocycles. The number of hydrogen-bond acceptors (Lipinski definition) is 5. The third kappa shape index (κ3) is 3.15. The molecular weight excluding hydrogens is 260 g/mol. The average molecular weight is 286 g/mol. The van der Waals surface area contributed by atoms with Gasteiger partial charge in [-0.15, -0.1) is 0 Å². The Hall–Kier alpha value is -0.650. The molecule has 0 aromatic carbocycles. The summed E-state index contributed by atoms with van der Waals surface area (Å²) in [5, 5.41) is 0. The molecule has 0 N–H and O–H groups in total. The van der Waals surface area contributed by atoms with E-state index in [1.165, 1.54) is 0 Å². The molecule has 0 radical (unpaired) electrons. The Morgan fingerprint density at radius 2 is 2.15 bits per heavy atom. The summed E-state index contributed by atoms with van der Waals surface area (Å²) in [5.74, 6) is 0.157. The molecule has 0 bridgehead atoms. The first-order valence-electron chi connectivity index (χ1n) is 7.65. The van der Waals surface area contributed by atoms with Crippen molar-refractivity contribution in [3.63, 3.8) is 0 Å². The van der Waals surface area contributed by atoms with Gasteiger partial charge in [-0.2, -0.15) is 0 Å². The fourth-order valence-corrected chi connectivity index (χ4v) is 3.60. The van der Waals surface area contributed by atoms with E-state index in [1.54, 1.807) is 7.11 Å². The summed E-state index contributed by atoms with van der Waals surface area (Å²) in [6.07, 6.45) is 3.93. The summed E-state index contributed by atoms with van der Waals surface area (Å²) in [6, 6.07) is 0. The molecule has 20 heavy (non-hydrogen) atoms. The van der Waals surface area contributed by atoms with Crippen LogP contribution in [0.2, 0.25) is 0 Å². The van der Waals surface area contributed by atoms with Crippen LogP contribution in [-0.2, 0) is 23.7 Å². The Morgan fingerprint density at radius 3 is 2.80 bits per heavy atom. The van der Waals surface area contributed by atoms with Gasteiger partial charge in [0.05, 0.1) is 6.61 Å². The second kappa shape index (κ2) is 6.87. The quantitative estimate of drug-likeness (QED) is 0.673. The second-order valence-corrected chi connectivity index (χ2v) is 5.50. The molecule has 4 atom stereocenters. The number of carbonyl (C=O) groups excluding carboxylic acids is 1. The van der Waals surface area contributed by atoms with Crippen LogP contribution in [0.1, 0.15) is 46.0 Å². The largest absolute Gasteiger partial charge is 0.466 e. The standard InChI is InChI=1S/C15H26O5/c1-4-18-13(16)7-6-11-8-9-15(17-3)12(11)10-14(20-15)19-5-2/h11-12,14H,4-10H2,1-3H3/t11-,12+,14?,15?/m1/s1. The smallest absolute Gasteiger partial charge is 0.305 e. The molecule has 116 valence electrons. The van der Waals surface area contributed by atoms with Gasteiger partial charge in [-0.25, -0.2) is 0 Å². The number of methoxy groups -OCH3 is 1. The maximum atomic E-state index is 11.5. The van der Waals surface area contributed by atoms with Gasteiger partial charge < -0.3 is 18.9 Å². The highest BCUT2D eigenvalue weighted by atomic mass is 16.8. The first-order valence-corrected chi connectivity index (χ1v) is 7.65. The van der Waals surface area contributed by atoms with Crippen LogP contribution in [-0.4, -0.2) is 38.4 Å². The van der Waals surface area contributed by atoms with Crippen LogP contribution in [0.3, 0.4) is 0 Å². The highest BCUT2D eigenvalue weighted by molar-refractivity contribution is 5.69. The van der Waals surface area contributed by atoms with Crippen molar-refractivity contribution in [2.24, 2.45) is 11.8 Å². The minimum absolute atomic E-state index is 0.109. The number of ether oxygens (including phenoxy) is 4. The van der Waals surface area contributed by atoms with Crippen molar-refractivity contribution < 1.29 is 23.7 Å². The summed E-state index contributed by atoms with van der Waals surface area (Å²) in [7, 11) is 1.70. The Labute approximate surface area is 120 Å². The first-order chi connectivity index (χ1) is 9.65. The molecular formula is C15H26O5. The van der Waals surface area contributed by atoms with Gasteiger partial charge in [0.15, 0.2) is 12.1 Å². The molecule has 1 heterocycles. The normalized spacial score (nSPS) is 36.0. The molecule has 2 unspecified atom stereocenters. The van der Waals surface area contributed by atoms with Crippen molar-refractivity contribution >= 4 is 5.97 Å². The van der Waals surface area contributed by atoms with E-state index in [-0.39, 0.29) is 12.3 Å². The number of hydrogen-bond donors (Lipinski definition) is 0. The zero-order valence-corrected chi connectivity index (χ0v) is 12.7. The Bertz CT molecular complexity index is 332. The summed E-state index contributed by atoms with van der Waals surface area (Å²) in [5.41, 5.74) is 0. The zero-order valence-electron chi connectivity index (χ0n) is 12.7. The molecule has 0 aromatic rings. The Kier molecular flexibility index (Phi) is 5.41. The topological polar surface area (TPSA) is 54.0 Å². The lowest BCUT2D eigenvalue weighted by Gasteiger charge is -2.28. The van der Waals surface area contributed by atoms with E-state index in [9.17, 15) is 4.79 Å². The SMILES string of the molecule is CCOC(=O)CC[C@@H]1CCC2(OC)OC(OCC)C[C@@H]12. The van der Waals surface area contributed by atoms with Crippen molar-refractivity contribution in [2.75, 3.05) is 20.3 Å². The van der Waals surface area contributed by atoms with E-state index in [0.29, 0.717) is 31.5 Å². The molecule has 1 saturated heterocycles. The number of esters is 1. The van der Waals surface area contributed by atoms with E-state index in [0.717, 1.165) is 25.7 Å². The van der Waals surface area contributed by atoms with Gasteiger partial charge in [0, 0.05) is 38.9 Å². The maximum absolute atomic E-state index is 11.5. The number of rotatable bonds is 7. The highest BCUT2D eigenvalue weighted by Crippen LogP contribution is 2.52. The predicted molar refractivity (Wildman–Crippen MR) is 72.9 cm³/mol. The minimum Gasteiger partial charge on any atom is -0.466 e. The van der Waals surface area contributed by atoms with Crippen molar-refractivity contribution in [2.45, 2.75) is 58.0 Å². The van der Waals surface area contributed by atoms with Crippen LogP contribution < -0.4 is 0 Å². The van der Waals surface area contributed by atoms with Crippen LogP contribution in [0.4, 0.5) is 0 Å². The van der Waals surface area contributed by atoms with Gasteiger partial charge in [0.25, 0.3) is 0 Å². The molecule has 5 nitrogen and oxygen atoms in total. The first kappa shape index (κ1) is 15.7. The summed E-state index contributed by atoms with van der Waals surface area (Å²) in [6.45, 7) is 4.89. The number of carbonyl (C=O) groups is 1. The van der Waals surface area contributed by atoms with Gasteiger partial charge in [-0.1, -0.05) is 0 Å². The number of fused-ring (bicyclic) bond motifs is 1. The Morgan fingerprint density at radius 1 is 1.35 bits per heavy atom. The minimum atomic E-state index is -0.501. The van der Waals surface area contributed by atoms with Crippen LogP contribution in [0.5, 0.6) is 0 Å². The average Bonchev–Trinajstić information content (AvgIpc) is 2.93. The molecule has 1 saturated carbocycles. The van der Waals surface area contributed by atoms with Gasteiger partial charge in [0.1, 0.15) is 0 Å². The van der Waals surface area contributed by atoms with Gasteiger partial charge in [-0.05, 0) is 32.6 Å². The zero-order chi connectivity index (χ0) is 14.6. The molecule has 2 fully saturated rings. The van der Waals surface area contributed by atoms with Crippen LogP contribution in [0.25, 0.3) is 0 Å². The maximum Gasteiger partial charge on any atom is 0.305 e. The lowest BCUT2D eigenvalue weighted by atomic mass is 9.88. The van der Waals surface area contributed by atoms with Crippen molar-refractivity contribution in [3.05, 3.63) is 0 Å². The molecule has 0 amide bonds. The van der Waals surface area contributed by atoms with Crippen molar-refractivity contribution in [1.82, 2.24) is 0 Å². The lowest BCUT2D eigenvalue weighted by molar-refractivity contribution is -0.266. The Balaban J connectivity index is 1.91. The van der Waals surface area contributed by atoms with Gasteiger partial charge in [0.2, 0.25) is 0 Å². The van der Waals surface area contributed by atoms with Crippen LogP contribution >= 0.6 is 0 Å². The molecule has 0 aromatic heterocycles. The van der Waals surface area contributed by atoms with Crippen molar-refractivity contribution in [3.8, 4) is 0 Å². The molecule has 0 spiro atoms. The van der Waals surface area contributed by atoms with E-state index in [1.807, 2.05) is 13.8 Å². The lowest BCUT2D eigenvalue weighted by Crippen LogP contribution is -2.35. The van der Waals surface area contributed by atoms with Crippen LogP contribution in [0, 0.1) is 11.8 Å². The second-order valence-electron chi connectivity index (χ2n) is 5.50. The van der Waals surface area contributed by atoms with Crippen LogP contribution in [0.15, 0.2) is 0 Å². The van der Waals surface area contributed by atoms with Gasteiger partial charge in [-0.3, -0.25) is 4.79 Å². The monoisotopic (exact) mass is 286 g/mol. The van der Waals surface area contributed by atoms with E-state index in [2.05, 4.69) is 0 Å². The van der Waals surface area contributed by atoms with E-state index >= 15 is 0 Å². The highest BCUT2D eigenvalue weighted by Gasteiger charge is 2.56. The van der Waals surface area contributed by atoms with Gasteiger partial charge >= 0.3 is 5.97 Å². The van der Waals surface area contributed by atoms with Crippen molar-refractivity contribution in [1.29, 1.82) is 0 Å². The third-order valence-electron chi connectivity index (χ3n) is 4.50. The van der Waals surface area contributed by atoms with E-state index in [4.69, 9.17) is 18.9 Å². The third-order valence-corrected chi connectivity index (χ3v) is 4.50. The summed E-state index contributed by atoms with van der Waals surface area (Å²) < 4.78 is 22.2. The molecule has 2 rings (SSSR count). The van der Waals surface area contributed by atoms with E-state index < -0.39 is 5.79 Å². The predicted octanol–water partition coefficient (Wildman–Crippen LogP) is 2.48. The summed E-state index contributed by atoms with van der Waals surface area (Å²) >= 11 is 0.